The smallest absolute Gasteiger partial charge is 0.381 e. The summed E-state index contributed by atoms with van der Waals surface area (Å²) in [6.45, 7) is 4.70. The number of alkyl halides is 3. The van der Waals surface area contributed by atoms with Crippen LogP contribution in [0.25, 0.3) is 0 Å². The maximum Gasteiger partial charge on any atom is 0.390 e. The summed E-state index contributed by atoms with van der Waals surface area (Å²) in [7, 11) is 1.58. The molecule has 0 aromatic rings. The molecular weight excluding hydrogens is 436 g/mol. The Balaban J connectivity index is 0.00000288. The summed E-state index contributed by atoms with van der Waals surface area (Å²) < 4.78 is 41.9. The predicted molar refractivity (Wildman–Crippen MR) is 99.0 cm³/mol. The van der Waals surface area contributed by atoms with E-state index < -0.39 is 12.6 Å². The second kappa shape index (κ2) is 10.6. The monoisotopic (exact) mass is 464 g/mol. The van der Waals surface area contributed by atoms with Gasteiger partial charge in [-0.3, -0.25) is 4.99 Å². The molecular formula is C15H28F3IN4O. The number of hydrogen-bond acceptors (Lipinski definition) is 3. The Kier molecular flexibility index (Phi) is 9.65. The molecule has 2 saturated heterocycles. The van der Waals surface area contributed by atoms with Crippen molar-refractivity contribution in [2.24, 2.45) is 10.9 Å². The number of nitrogens with zero attached hydrogens (tertiary/aromatic N) is 2. The van der Waals surface area contributed by atoms with Crippen LogP contribution in [-0.2, 0) is 4.74 Å². The van der Waals surface area contributed by atoms with Crippen LogP contribution < -0.4 is 10.6 Å². The number of nitrogens with one attached hydrogen (secondary N) is 2. The molecule has 0 spiro atoms. The topological polar surface area (TPSA) is 48.9 Å². The van der Waals surface area contributed by atoms with E-state index in [1.165, 1.54) is 0 Å². The summed E-state index contributed by atoms with van der Waals surface area (Å²) in [5.74, 6) is 1.10. The summed E-state index contributed by atoms with van der Waals surface area (Å²) in [6.07, 6.45) is -1.88. The maximum atomic E-state index is 12.2. The van der Waals surface area contributed by atoms with E-state index in [1.54, 1.807) is 7.05 Å². The number of hydrogen-bond donors (Lipinski definition) is 2. The Hall–Kier alpha value is -0.290. The van der Waals surface area contributed by atoms with Crippen molar-refractivity contribution in [1.82, 2.24) is 15.5 Å². The van der Waals surface area contributed by atoms with E-state index in [-0.39, 0.29) is 36.6 Å². The van der Waals surface area contributed by atoms with Gasteiger partial charge in [-0.1, -0.05) is 0 Å². The van der Waals surface area contributed by atoms with Gasteiger partial charge < -0.3 is 20.3 Å². The highest BCUT2D eigenvalue weighted by Crippen LogP contribution is 2.19. The van der Waals surface area contributed by atoms with Crippen LogP contribution in [0, 0.1) is 5.92 Å². The molecule has 0 aromatic heterocycles. The molecule has 9 heteroatoms. The number of piperidine rings is 1. The fourth-order valence-corrected chi connectivity index (χ4v) is 3.06. The van der Waals surface area contributed by atoms with Crippen molar-refractivity contribution >= 4 is 29.9 Å². The van der Waals surface area contributed by atoms with Gasteiger partial charge >= 0.3 is 6.18 Å². The van der Waals surface area contributed by atoms with Gasteiger partial charge in [-0.05, 0) is 25.2 Å². The van der Waals surface area contributed by atoms with Crippen LogP contribution in [0.1, 0.15) is 25.7 Å². The Labute approximate surface area is 158 Å². The van der Waals surface area contributed by atoms with E-state index in [1.807, 2.05) is 0 Å². The number of halogens is 4. The van der Waals surface area contributed by atoms with E-state index in [4.69, 9.17) is 4.74 Å². The maximum absolute atomic E-state index is 12.2. The Bertz CT molecular complexity index is 381. The third-order valence-electron chi connectivity index (χ3n) is 4.39. The Morgan fingerprint density at radius 3 is 2.50 bits per heavy atom. The van der Waals surface area contributed by atoms with E-state index in [0.29, 0.717) is 11.9 Å². The van der Waals surface area contributed by atoms with Crippen molar-refractivity contribution < 1.29 is 17.9 Å². The van der Waals surface area contributed by atoms with E-state index in [2.05, 4.69) is 20.5 Å². The van der Waals surface area contributed by atoms with Gasteiger partial charge in [0.1, 0.15) is 0 Å². The molecule has 5 nitrogen and oxygen atoms in total. The minimum Gasteiger partial charge on any atom is -0.381 e. The third kappa shape index (κ3) is 8.19. The zero-order chi connectivity index (χ0) is 16.7. The minimum atomic E-state index is -4.14. The zero-order valence-corrected chi connectivity index (χ0v) is 16.4. The van der Waals surface area contributed by atoms with E-state index in [0.717, 1.165) is 52.1 Å². The standard InChI is InChI=1S/C15H27F3N4O.HI/c1-19-14(20-6-5-15(16,17)18)21-13-2-7-22(8-3-13)10-12-4-9-23-11-12;/h12-13H,2-11H2,1H3,(H2,19,20,21);1H. The Morgan fingerprint density at radius 2 is 1.96 bits per heavy atom. The molecule has 0 radical (unpaired) electrons. The molecule has 0 amide bonds. The van der Waals surface area contributed by atoms with Crippen molar-refractivity contribution in [2.45, 2.75) is 37.9 Å². The first-order valence-corrected chi connectivity index (χ1v) is 8.30. The molecule has 1 unspecified atom stereocenters. The molecule has 2 N–H and O–H groups in total. The van der Waals surface area contributed by atoms with Gasteiger partial charge in [-0.25, -0.2) is 0 Å². The number of rotatable bonds is 5. The molecule has 2 aliphatic rings. The van der Waals surface area contributed by atoms with Gasteiger partial charge in [0.2, 0.25) is 0 Å². The van der Waals surface area contributed by atoms with Gasteiger partial charge in [0.05, 0.1) is 13.0 Å². The molecule has 0 bridgehead atoms. The number of aliphatic imine (C=N–C) groups is 1. The molecule has 2 aliphatic heterocycles. The van der Waals surface area contributed by atoms with Crippen LogP contribution in [0.3, 0.4) is 0 Å². The first kappa shape index (κ1) is 21.8. The number of likely N-dealkylation sites (tertiary alicyclic amines) is 1. The van der Waals surface area contributed by atoms with Crippen LogP contribution in [-0.4, -0.2) is 69.5 Å². The summed E-state index contributed by atoms with van der Waals surface area (Å²) in [5, 5.41) is 5.96. The van der Waals surface area contributed by atoms with E-state index >= 15 is 0 Å². The normalized spacial score (nSPS) is 23.8. The van der Waals surface area contributed by atoms with Crippen LogP contribution in [0.4, 0.5) is 13.2 Å². The lowest BCUT2D eigenvalue weighted by Crippen LogP contribution is -2.49. The Morgan fingerprint density at radius 1 is 1.25 bits per heavy atom. The van der Waals surface area contributed by atoms with Gasteiger partial charge in [0.25, 0.3) is 0 Å². The largest absolute Gasteiger partial charge is 0.390 e. The summed E-state index contributed by atoms with van der Waals surface area (Å²) in [6, 6.07) is 0.267. The molecule has 2 rings (SSSR count). The molecule has 0 aliphatic carbocycles. The van der Waals surface area contributed by atoms with Gasteiger partial charge in [0, 0.05) is 45.9 Å². The predicted octanol–water partition coefficient (Wildman–Crippen LogP) is 2.22. The van der Waals surface area contributed by atoms with Crippen molar-refractivity contribution in [3.63, 3.8) is 0 Å². The van der Waals surface area contributed by atoms with Crippen LogP contribution in [0.2, 0.25) is 0 Å². The van der Waals surface area contributed by atoms with Crippen molar-refractivity contribution in [1.29, 1.82) is 0 Å². The average molecular weight is 464 g/mol. The van der Waals surface area contributed by atoms with Crippen molar-refractivity contribution in [3.05, 3.63) is 0 Å². The molecule has 2 fully saturated rings. The molecule has 1 atom stereocenters. The van der Waals surface area contributed by atoms with Gasteiger partial charge in [-0.2, -0.15) is 13.2 Å². The van der Waals surface area contributed by atoms with E-state index in [9.17, 15) is 13.2 Å². The molecule has 0 saturated carbocycles. The van der Waals surface area contributed by atoms with Crippen molar-refractivity contribution in [3.8, 4) is 0 Å². The highest BCUT2D eigenvalue weighted by molar-refractivity contribution is 14.0. The first-order chi connectivity index (χ1) is 11.0. The molecule has 2 heterocycles. The lowest BCUT2D eigenvalue weighted by Gasteiger charge is -2.34. The van der Waals surface area contributed by atoms with Gasteiger partial charge in [0.15, 0.2) is 5.96 Å². The fraction of sp³-hybridized carbons (Fsp3) is 0.933. The number of ether oxygens (including phenoxy) is 1. The SMILES string of the molecule is CN=C(NCCC(F)(F)F)NC1CCN(CC2CCOC2)CC1.I. The summed E-state index contributed by atoms with van der Waals surface area (Å²) in [5.41, 5.74) is 0. The highest BCUT2D eigenvalue weighted by Gasteiger charge is 2.27. The van der Waals surface area contributed by atoms with Crippen molar-refractivity contribution in [2.75, 3.05) is 46.4 Å². The quantitative estimate of drug-likeness (QED) is 0.373. The lowest BCUT2D eigenvalue weighted by atomic mass is 10.0. The second-order valence-corrected chi connectivity index (χ2v) is 6.31. The summed E-state index contributed by atoms with van der Waals surface area (Å²) in [4.78, 5) is 6.46. The molecule has 0 aromatic carbocycles. The first-order valence-electron chi connectivity index (χ1n) is 8.30. The lowest BCUT2D eigenvalue weighted by molar-refractivity contribution is -0.132. The minimum absolute atomic E-state index is 0. The third-order valence-corrected chi connectivity index (χ3v) is 4.39. The summed E-state index contributed by atoms with van der Waals surface area (Å²) >= 11 is 0. The zero-order valence-electron chi connectivity index (χ0n) is 14.1. The molecule has 142 valence electrons. The second-order valence-electron chi connectivity index (χ2n) is 6.31. The fourth-order valence-electron chi connectivity index (χ4n) is 3.06. The highest BCUT2D eigenvalue weighted by atomic mass is 127. The van der Waals surface area contributed by atoms with Crippen LogP contribution >= 0.6 is 24.0 Å². The van der Waals surface area contributed by atoms with Crippen LogP contribution in [0.15, 0.2) is 4.99 Å². The van der Waals surface area contributed by atoms with Crippen LogP contribution in [0.5, 0.6) is 0 Å². The number of guanidine groups is 1. The average Bonchev–Trinajstić information content (AvgIpc) is 3.00. The van der Waals surface area contributed by atoms with Gasteiger partial charge in [-0.15, -0.1) is 24.0 Å². The molecule has 24 heavy (non-hydrogen) atoms.